The molecular formula is C48H95ClN4O3. The maximum absolute atomic E-state index is 12.5. The number of amides is 3. The van der Waals surface area contributed by atoms with Crippen molar-refractivity contribution in [2.75, 3.05) is 46.4 Å². The Morgan fingerprint density at radius 2 is 0.804 bits per heavy atom. The average Bonchev–Trinajstić information content (AvgIpc) is 3.58. The first-order chi connectivity index (χ1) is 26.9. The van der Waals surface area contributed by atoms with E-state index in [1.807, 2.05) is 4.90 Å². The number of likely N-dealkylation sites (tertiary alicyclic amines) is 1. The molecule has 1 fully saturated rings. The van der Waals surface area contributed by atoms with Crippen molar-refractivity contribution in [2.45, 2.75) is 245 Å². The lowest BCUT2D eigenvalue weighted by molar-refractivity contribution is -0.917. The van der Waals surface area contributed by atoms with Gasteiger partial charge in [-0.15, -0.1) is 0 Å². The minimum Gasteiger partial charge on any atom is -1.00 e. The van der Waals surface area contributed by atoms with Crippen LogP contribution < -0.4 is 23.0 Å². The summed E-state index contributed by atoms with van der Waals surface area (Å²) in [4.78, 5) is 39.5. The lowest BCUT2D eigenvalue weighted by Gasteiger charge is -2.38. The van der Waals surface area contributed by atoms with Crippen LogP contribution in [0.2, 0.25) is 0 Å². The van der Waals surface area contributed by atoms with Crippen molar-refractivity contribution < 1.29 is 31.3 Å². The van der Waals surface area contributed by atoms with Gasteiger partial charge in [-0.1, -0.05) is 194 Å². The molecule has 0 unspecified atom stereocenters. The van der Waals surface area contributed by atoms with E-state index in [9.17, 15) is 14.4 Å². The van der Waals surface area contributed by atoms with Gasteiger partial charge in [-0.2, -0.15) is 0 Å². The van der Waals surface area contributed by atoms with Gasteiger partial charge in [-0.05, 0) is 19.3 Å². The van der Waals surface area contributed by atoms with Gasteiger partial charge in [0, 0.05) is 51.7 Å². The average molecular weight is 812 g/mol. The number of quaternary nitrogens is 1. The third kappa shape index (κ3) is 34.7. The van der Waals surface area contributed by atoms with Gasteiger partial charge in [-0.25, -0.2) is 0 Å². The summed E-state index contributed by atoms with van der Waals surface area (Å²) in [6.07, 6.45) is 44.7. The van der Waals surface area contributed by atoms with Gasteiger partial charge in [0.2, 0.25) is 17.7 Å². The van der Waals surface area contributed by atoms with Crippen molar-refractivity contribution in [3.63, 3.8) is 0 Å². The van der Waals surface area contributed by atoms with Crippen molar-refractivity contribution in [3.8, 4) is 0 Å². The number of hydrogen-bond donors (Lipinski definition) is 2. The van der Waals surface area contributed by atoms with Crippen LogP contribution in [0.4, 0.5) is 0 Å². The van der Waals surface area contributed by atoms with Crippen molar-refractivity contribution in [1.29, 1.82) is 0 Å². The first-order valence-corrected chi connectivity index (χ1v) is 24.5. The maximum atomic E-state index is 12.5. The highest BCUT2D eigenvalue weighted by Gasteiger charge is 2.30. The molecule has 0 aromatic heterocycles. The monoisotopic (exact) mass is 811 g/mol. The minimum atomic E-state index is 0. The van der Waals surface area contributed by atoms with Crippen LogP contribution in [0, 0.1) is 0 Å². The number of carbonyl (C=O) groups is 3. The number of nitrogens with zero attached hydrogens (tertiary/aromatic N) is 2. The van der Waals surface area contributed by atoms with Gasteiger partial charge in [-0.3, -0.25) is 19.3 Å². The molecule has 0 aliphatic carbocycles. The summed E-state index contributed by atoms with van der Waals surface area (Å²) in [7, 11) is 2.24. The van der Waals surface area contributed by atoms with Gasteiger partial charge < -0.3 is 27.5 Å². The molecule has 0 aromatic rings. The Morgan fingerprint density at radius 1 is 0.500 bits per heavy atom. The molecule has 1 heterocycles. The fourth-order valence-corrected chi connectivity index (χ4v) is 8.39. The molecule has 332 valence electrons. The van der Waals surface area contributed by atoms with E-state index >= 15 is 0 Å². The summed E-state index contributed by atoms with van der Waals surface area (Å²) in [5.41, 5.74) is 0. The molecule has 1 rings (SSSR count). The second-order valence-corrected chi connectivity index (χ2v) is 17.8. The molecule has 2 N–H and O–H groups in total. The number of hydrogen-bond acceptors (Lipinski definition) is 3. The molecule has 0 radical (unpaired) electrons. The van der Waals surface area contributed by atoms with E-state index in [4.69, 9.17) is 0 Å². The summed E-state index contributed by atoms with van der Waals surface area (Å²) in [6.45, 7) is 9.34. The molecule has 56 heavy (non-hydrogen) atoms. The third-order valence-corrected chi connectivity index (χ3v) is 12.1. The van der Waals surface area contributed by atoms with E-state index in [0.717, 1.165) is 75.7 Å². The topological polar surface area (TPSA) is 78.5 Å². The highest BCUT2D eigenvalue weighted by molar-refractivity contribution is 5.78. The van der Waals surface area contributed by atoms with E-state index in [-0.39, 0.29) is 30.1 Å². The Bertz CT molecular complexity index is 850. The summed E-state index contributed by atoms with van der Waals surface area (Å²) >= 11 is 0. The van der Waals surface area contributed by atoms with Crippen LogP contribution in [-0.2, 0) is 14.4 Å². The van der Waals surface area contributed by atoms with Crippen molar-refractivity contribution >= 4 is 17.7 Å². The van der Waals surface area contributed by atoms with Crippen LogP contribution in [0.5, 0.6) is 0 Å². The van der Waals surface area contributed by atoms with Crippen LogP contribution in [0.15, 0.2) is 0 Å². The SMILES string of the molecule is CCCCCCCCCCCCCCCCCC(=O)NCCC[N+](C)(CCCNC(=O)CCCCCCCCCCCCCCCCC)CN1CCCC1=O.[Cl-]. The predicted octanol–water partition coefficient (Wildman–Crippen LogP) is 9.55. The Hall–Kier alpha value is -1.34. The second kappa shape index (κ2) is 40.4. The Labute approximate surface area is 354 Å². The highest BCUT2D eigenvalue weighted by Crippen LogP contribution is 2.17. The zero-order valence-corrected chi connectivity index (χ0v) is 38.5. The van der Waals surface area contributed by atoms with Gasteiger partial charge in [0.1, 0.15) is 0 Å². The lowest BCUT2D eigenvalue weighted by Crippen LogP contribution is -3.00. The van der Waals surface area contributed by atoms with Crippen LogP contribution in [0.1, 0.15) is 245 Å². The number of unbranched alkanes of at least 4 members (excludes halogenated alkanes) is 28. The number of halogens is 1. The maximum Gasteiger partial charge on any atom is 0.226 e. The summed E-state index contributed by atoms with van der Waals surface area (Å²) in [5, 5.41) is 6.31. The summed E-state index contributed by atoms with van der Waals surface area (Å²) < 4.78 is 0.773. The Morgan fingerprint density at radius 3 is 1.09 bits per heavy atom. The smallest absolute Gasteiger partial charge is 0.226 e. The molecule has 0 spiro atoms. The van der Waals surface area contributed by atoms with Gasteiger partial charge in [0.05, 0.1) is 20.1 Å². The Kier molecular flexibility index (Phi) is 39.5. The summed E-state index contributed by atoms with van der Waals surface area (Å²) in [6, 6.07) is 0. The molecule has 0 bridgehead atoms. The predicted molar refractivity (Wildman–Crippen MR) is 236 cm³/mol. The Balaban J connectivity index is 0.0000302. The van der Waals surface area contributed by atoms with Gasteiger partial charge in [0.15, 0.2) is 6.67 Å². The van der Waals surface area contributed by atoms with E-state index in [1.54, 1.807) is 0 Å². The molecule has 0 aromatic carbocycles. The van der Waals surface area contributed by atoms with E-state index in [2.05, 4.69) is 31.5 Å². The minimum absolute atomic E-state index is 0. The molecule has 0 saturated carbocycles. The first kappa shape index (κ1) is 54.7. The molecule has 3 amide bonds. The molecule has 0 atom stereocenters. The van der Waals surface area contributed by atoms with Crippen molar-refractivity contribution in [2.24, 2.45) is 0 Å². The zero-order chi connectivity index (χ0) is 39.9. The quantitative estimate of drug-likeness (QED) is 0.0477. The zero-order valence-electron chi connectivity index (χ0n) is 37.7. The molecule has 1 saturated heterocycles. The number of nitrogens with one attached hydrogen (secondary N) is 2. The van der Waals surface area contributed by atoms with Gasteiger partial charge in [0.25, 0.3) is 0 Å². The van der Waals surface area contributed by atoms with E-state index < -0.39 is 0 Å². The third-order valence-electron chi connectivity index (χ3n) is 12.1. The lowest BCUT2D eigenvalue weighted by atomic mass is 10.0. The van der Waals surface area contributed by atoms with Crippen LogP contribution >= 0.6 is 0 Å². The molecular weight excluding hydrogens is 716 g/mol. The fourth-order valence-electron chi connectivity index (χ4n) is 8.39. The van der Waals surface area contributed by atoms with Crippen molar-refractivity contribution in [1.82, 2.24) is 15.5 Å². The second-order valence-electron chi connectivity index (χ2n) is 17.8. The number of rotatable bonds is 42. The van der Waals surface area contributed by atoms with Crippen LogP contribution in [0.25, 0.3) is 0 Å². The highest BCUT2D eigenvalue weighted by atomic mass is 35.5. The van der Waals surface area contributed by atoms with Crippen LogP contribution in [0.3, 0.4) is 0 Å². The standard InChI is InChI=1S/C48H94N4O3.ClH/c1-4-6-8-10-12-14-16-18-20-22-24-26-28-30-32-37-46(53)49-40-35-43-52(3,45-51-42-34-39-48(51)55)44-36-41-50-47(54)38-33-31-29-27-25-23-21-19-17-15-13-11-9-7-5-2;/h4-45H2,1-3H3,(H-,49,50,53,54);1H. The summed E-state index contributed by atoms with van der Waals surface area (Å²) in [5.74, 6) is 0.615. The molecule has 1 aliphatic rings. The van der Waals surface area contributed by atoms with E-state index in [0.29, 0.717) is 32.4 Å². The first-order valence-electron chi connectivity index (χ1n) is 24.5. The van der Waals surface area contributed by atoms with E-state index in [1.165, 1.54) is 167 Å². The number of carbonyl (C=O) groups excluding carboxylic acids is 3. The largest absolute Gasteiger partial charge is 1.00 e. The normalized spacial score (nSPS) is 13.0. The molecule has 1 aliphatic heterocycles. The van der Waals surface area contributed by atoms with Crippen LogP contribution in [-0.4, -0.2) is 73.5 Å². The fraction of sp³-hybridized carbons (Fsp3) is 0.938. The van der Waals surface area contributed by atoms with Crippen molar-refractivity contribution in [3.05, 3.63) is 0 Å². The van der Waals surface area contributed by atoms with Gasteiger partial charge >= 0.3 is 0 Å². The molecule has 8 heteroatoms. The molecule has 7 nitrogen and oxygen atoms in total.